The van der Waals surface area contributed by atoms with Crippen LogP contribution < -0.4 is 5.32 Å². The van der Waals surface area contributed by atoms with Crippen molar-refractivity contribution in [2.75, 3.05) is 0 Å². The number of carbonyl (C=O) groups is 2. The minimum absolute atomic E-state index is 0.0140. The van der Waals surface area contributed by atoms with Crippen LogP contribution in [0.25, 0.3) is 6.08 Å². The summed E-state index contributed by atoms with van der Waals surface area (Å²) in [7, 11) is 0. The van der Waals surface area contributed by atoms with E-state index in [9.17, 15) is 20.0 Å². The highest BCUT2D eigenvalue weighted by Gasteiger charge is 2.52. The molecule has 8 heteroatoms. The second-order valence-electron chi connectivity index (χ2n) is 11.6. The van der Waals surface area contributed by atoms with Crippen LogP contribution in [0.2, 0.25) is 0 Å². The van der Waals surface area contributed by atoms with Crippen LogP contribution in [-0.4, -0.2) is 45.6 Å². The minimum atomic E-state index is -1.07. The number of epoxide rings is 1. The number of hydrogen-bond donors (Lipinski definition) is 2. The van der Waals surface area contributed by atoms with Gasteiger partial charge >= 0.3 is 0 Å². The molecule has 2 N–H and O–H groups in total. The molecular formula is C28H41N3O4S. The van der Waals surface area contributed by atoms with E-state index in [1.165, 1.54) is 0 Å². The predicted octanol–water partition coefficient (Wildman–Crippen LogP) is 4.83. The molecule has 1 aromatic heterocycles. The SMILES string of the molecule is CC(=Cc1csc(C)n1)[C@@H]1CC2O[C@]2(C)CCC[C@H](C)[C@H](O)C(C)C(=O)C(C)(C)[C@H](C#N)CC(=O)N1. The van der Waals surface area contributed by atoms with E-state index in [0.717, 1.165) is 35.5 Å². The topological polar surface area (TPSA) is 116 Å². The van der Waals surface area contributed by atoms with Gasteiger partial charge in [-0.3, -0.25) is 9.59 Å². The number of Topliss-reactive ketones (excluding diaryl/α,β-unsaturated/α-hetero) is 1. The zero-order chi connectivity index (χ0) is 26.8. The van der Waals surface area contributed by atoms with E-state index >= 15 is 0 Å². The third-order valence-corrected chi connectivity index (χ3v) is 9.07. The van der Waals surface area contributed by atoms with Crippen molar-refractivity contribution in [2.24, 2.45) is 23.2 Å². The van der Waals surface area contributed by atoms with E-state index in [4.69, 9.17) is 4.74 Å². The quantitative estimate of drug-likeness (QED) is 0.545. The van der Waals surface area contributed by atoms with Gasteiger partial charge < -0.3 is 15.2 Å². The number of ether oxygens (including phenoxy) is 1. The zero-order valence-electron chi connectivity index (χ0n) is 22.6. The number of nitrogens with one attached hydrogen (secondary N) is 1. The number of aromatic nitrogens is 1. The van der Waals surface area contributed by atoms with Crippen molar-refractivity contribution in [3.8, 4) is 6.07 Å². The van der Waals surface area contributed by atoms with Gasteiger partial charge in [0.2, 0.25) is 5.91 Å². The Balaban J connectivity index is 1.89. The third kappa shape index (κ3) is 6.42. The van der Waals surface area contributed by atoms with Gasteiger partial charge in [-0.2, -0.15) is 5.26 Å². The molecule has 0 radical (unpaired) electrons. The van der Waals surface area contributed by atoms with E-state index in [0.29, 0.717) is 6.42 Å². The molecule has 1 amide bonds. The predicted molar refractivity (Wildman–Crippen MR) is 141 cm³/mol. The molecule has 0 saturated carbocycles. The molecule has 36 heavy (non-hydrogen) atoms. The maximum Gasteiger partial charge on any atom is 0.221 e. The Hall–Kier alpha value is -2.08. The van der Waals surface area contributed by atoms with E-state index in [-0.39, 0.29) is 41.8 Å². The van der Waals surface area contributed by atoms with Crippen molar-refractivity contribution in [3.63, 3.8) is 0 Å². The van der Waals surface area contributed by atoms with Crippen LogP contribution in [0.4, 0.5) is 0 Å². The molecule has 2 aliphatic rings. The highest BCUT2D eigenvalue weighted by molar-refractivity contribution is 7.09. The van der Waals surface area contributed by atoms with Gasteiger partial charge in [0.1, 0.15) is 5.78 Å². The van der Waals surface area contributed by atoms with E-state index < -0.39 is 23.4 Å². The van der Waals surface area contributed by atoms with Gasteiger partial charge in [-0.05, 0) is 51.2 Å². The molecule has 7 nitrogen and oxygen atoms in total. The summed E-state index contributed by atoms with van der Waals surface area (Å²) in [5, 5.41) is 26.9. The van der Waals surface area contributed by atoms with Gasteiger partial charge in [0.15, 0.2) is 0 Å². The molecule has 0 aliphatic carbocycles. The number of rotatable bonds is 2. The van der Waals surface area contributed by atoms with Crippen LogP contribution in [0.5, 0.6) is 0 Å². The molecule has 3 rings (SSSR count). The monoisotopic (exact) mass is 515 g/mol. The Morgan fingerprint density at radius 3 is 2.64 bits per heavy atom. The molecule has 1 aromatic rings. The first-order chi connectivity index (χ1) is 16.8. The fourth-order valence-electron chi connectivity index (χ4n) is 5.41. The molecule has 2 unspecified atom stereocenters. The Kier molecular flexibility index (Phi) is 8.80. The van der Waals surface area contributed by atoms with Crippen molar-refractivity contribution in [1.29, 1.82) is 5.26 Å². The smallest absolute Gasteiger partial charge is 0.221 e. The van der Waals surface area contributed by atoms with Crippen molar-refractivity contribution in [1.82, 2.24) is 10.3 Å². The summed E-state index contributed by atoms with van der Waals surface area (Å²) in [6.07, 6.45) is 4.27. The van der Waals surface area contributed by atoms with Crippen molar-refractivity contribution < 1.29 is 19.4 Å². The standard InChI is InChI=1S/C28H41N3O4S/c1-16-9-8-10-28(7)23(35-28)13-22(17(2)11-21-15-36-19(4)30-21)31-24(32)12-20(14-29)27(5,6)26(34)18(3)25(16)33/h11,15-16,18,20,22-23,25,33H,8-10,12-13H2,1-7H3,(H,31,32)/t16-,18?,20-,22-,23?,25-,28+/m0/s1. The summed E-state index contributed by atoms with van der Waals surface area (Å²) in [6.45, 7) is 13.2. The molecule has 198 valence electrons. The first-order valence-electron chi connectivity index (χ1n) is 13.0. The lowest BCUT2D eigenvalue weighted by Gasteiger charge is -2.34. The number of carbonyl (C=O) groups excluding carboxylic acids is 2. The molecule has 0 bridgehead atoms. The van der Waals surface area contributed by atoms with Gasteiger partial charge in [0.05, 0.1) is 46.5 Å². The fourth-order valence-corrected chi connectivity index (χ4v) is 5.98. The van der Waals surface area contributed by atoms with Crippen LogP contribution in [-0.2, 0) is 14.3 Å². The van der Waals surface area contributed by atoms with Gasteiger partial charge in [-0.15, -0.1) is 11.3 Å². The summed E-state index contributed by atoms with van der Waals surface area (Å²) < 4.78 is 6.11. The van der Waals surface area contributed by atoms with Crippen molar-refractivity contribution in [2.45, 2.75) is 104 Å². The molecule has 0 spiro atoms. The van der Waals surface area contributed by atoms with Gasteiger partial charge in [-0.25, -0.2) is 4.98 Å². The number of nitriles is 1. The lowest BCUT2D eigenvalue weighted by atomic mass is 9.69. The number of amides is 1. The Morgan fingerprint density at radius 1 is 1.33 bits per heavy atom. The summed E-state index contributed by atoms with van der Waals surface area (Å²) in [6, 6.07) is 1.94. The Labute approximate surface area is 219 Å². The summed E-state index contributed by atoms with van der Waals surface area (Å²) >= 11 is 1.58. The second-order valence-corrected chi connectivity index (χ2v) is 12.6. The summed E-state index contributed by atoms with van der Waals surface area (Å²) in [5.74, 6) is -1.95. The highest BCUT2D eigenvalue weighted by Crippen LogP contribution is 2.44. The number of fused-ring (bicyclic) bond motifs is 1. The van der Waals surface area contributed by atoms with Crippen LogP contribution in [0.3, 0.4) is 0 Å². The number of hydrogen-bond acceptors (Lipinski definition) is 7. The van der Waals surface area contributed by atoms with E-state index in [1.54, 1.807) is 32.1 Å². The number of aliphatic hydroxyl groups excluding tert-OH is 1. The number of aryl methyl sites for hydroxylation is 1. The highest BCUT2D eigenvalue weighted by atomic mass is 32.1. The molecule has 2 aliphatic heterocycles. The normalized spacial score (nSPS) is 36.5. The molecular weight excluding hydrogens is 474 g/mol. The zero-order valence-corrected chi connectivity index (χ0v) is 23.4. The van der Waals surface area contributed by atoms with Crippen molar-refractivity contribution in [3.05, 3.63) is 21.7 Å². The summed E-state index contributed by atoms with van der Waals surface area (Å²) in [4.78, 5) is 31.1. The minimum Gasteiger partial charge on any atom is -0.392 e. The molecule has 3 heterocycles. The Bertz CT molecular complexity index is 1040. The largest absolute Gasteiger partial charge is 0.392 e. The fraction of sp³-hybridized carbons (Fsp3) is 0.714. The van der Waals surface area contributed by atoms with Crippen LogP contribution >= 0.6 is 11.3 Å². The van der Waals surface area contributed by atoms with E-state index in [2.05, 4.69) is 23.3 Å². The number of ketones is 1. The maximum absolute atomic E-state index is 13.4. The second kappa shape index (κ2) is 11.1. The van der Waals surface area contributed by atoms with Gasteiger partial charge in [0.25, 0.3) is 0 Å². The van der Waals surface area contributed by atoms with E-state index in [1.807, 2.05) is 32.2 Å². The first kappa shape index (κ1) is 28.5. The van der Waals surface area contributed by atoms with Gasteiger partial charge in [-0.1, -0.05) is 34.1 Å². The lowest BCUT2D eigenvalue weighted by molar-refractivity contribution is -0.138. The molecule has 2 fully saturated rings. The third-order valence-electron chi connectivity index (χ3n) is 8.28. The number of nitrogens with zero attached hydrogens (tertiary/aromatic N) is 2. The van der Waals surface area contributed by atoms with Crippen LogP contribution in [0.15, 0.2) is 11.0 Å². The van der Waals surface area contributed by atoms with Crippen molar-refractivity contribution >= 4 is 29.1 Å². The molecule has 0 aromatic carbocycles. The Morgan fingerprint density at radius 2 is 2.03 bits per heavy atom. The number of aliphatic hydroxyl groups is 1. The van der Waals surface area contributed by atoms with Crippen LogP contribution in [0.1, 0.15) is 84.3 Å². The molecule has 7 atom stereocenters. The molecule has 2 saturated heterocycles. The first-order valence-corrected chi connectivity index (χ1v) is 13.9. The summed E-state index contributed by atoms with van der Waals surface area (Å²) in [5.41, 5.74) is 0.502. The maximum atomic E-state index is 13.4. The van der Waals surface area contributed by atoms with Gasteiger partial charge in [0, 0.05) is 29.6 Å². The number of thiazole rings is 1. The average Bonchev–Trinajstić information content (AvgIpc) is 3.26. The average molecular weight is 516 g/mol. The van der Waals surface area contributed by atoms with Crippen LogP contribution in [0, 0.1) is 41.4 Å². The lowest BCUT2D eigenvalue weighted by Crippen LogP contribution is -2.44.